The lowest BCUT2D eigenvalue weighted by Gasteiger charge is -2.31. The van der Waals surface area contributed by atoms with Crippen molar-refractivity contribution in [3.8, 4) is 0 Å². The minimum atomic E-state index is -3.53. The van der Waals surface area contributed by atoms with E-state index in [9.17, 15) is 13.2 Å². The van der Waals surface area contributed by atoms with Gasteiger partial charge in [-0.15, -0.1) is 16.2 Å². The summed E-state index contributed by atoms with van der Waals surface area (Å²) in [4.78, 5) is 17.9. The lowest BCUT2D eigenvalue weighted by atomic mass is 10.1. The van der Waals surface area contributed by atoms with Crippen LogP contribution in [0.2, 0.25) is 0 Å². The Kier molecular flexibility index (Phi) is 4.40. The van der Waals surface area contributed by atoms with E-state index in [0.29, 0.717) is 23.9 Å². The Bertz CT molecular complexity index is 950. The van der Waals surface area contributed by atoms with Gasteiger partial charge in [0.15, 0.2) is 5.84 Å². The Morgan fingerprint density at radius 2 is 2.08 bits per heavy atom. The van der Waals surface area contributed by atoms with Gasteiger partial charge in [0, 0.05) is 29.4 Å². The first-order chi connectivity index (χ1) is 12.4. The van der Waals surface area contributed by atoms with Gasteiger partial charge < -0.3 is 9.80 Å². The molecule has 4 rings (SSSR count). The number of para-hydroxylation sites is 1. The van der Waals surface area contributed by atoms with E-state index in [2.05, 4.69) is 11.3 Å². The predicted octanol–water partition coefficient (Wildman–Crippen LogP) is 2.40. The molecule has 0 aromatic heterocycles. The summed E-state index contributed by atoms with van der Waals surface area (Å²) in [7, 11) is -3.53. The molecule has 0 aliphatic carbocycles. The number of thioether (sulfide) groups is 1. The van der Waals surface area contributed by atoms with Crippen LogP contribution in [0.4, 0.5) is 5.69 Å². The maximum absolute atomic E-state index is 13.4. The average molecular weight is 390 g/mol. The molecule has 3 heterocycles. The fourth-order valence-corrected chi connectivity index (χ4v) is 5.32. The van der Waals surface area contributed by atoms with Crippen LogP contribution >= 0.6 is 11.8 Å². The number of hydrogen-bond acceptors (Lipinski definition) is 5. The molecular weight excluding hydrogens is 370 g/mol. The maximum atomic E-state index is 13.4. The summed E-state index contributed by atoms with van der Waals surface area (Å²) >= 11 is 1.76. The number of benzene rings is 1. The van der Waals surface area contributed by atoms with Crippen molar-refractivity contribution in [2.75, 3.05) is 23.7 Å². The number of amidine groups is 1. The lowest BCUT2D eigenvalue weighted by Crippen LogP contribution is -2.44. The van der Waals surface area contributed by atoms with E-state index in [1.54, 1.807) is 39.9 Å². The predicted molar refractivity (Wildman–Crippen MR) is 104 cm³/mol. The minimum absolute atomic E-state index is 0.0387. The number of nitrogens with zero attached hydrogens (tertiary/aromatic N) is 3. The number of carbonyl (C=O) groups excluding carboxylic acids is 1. The highest BCUT2D eigenvalue weighted by Crippen LogP contribution is 2.38. The van der Waals surface area contributed by atoms with Crippen LogP contribution in [0.15, 0.2) is 57.5 Å². The Morgan fingerprint density at radius 3 is 2.92 bits per heavy atom. The molecule has 0 fully saturated rings. The molecular formula is C18H19N3O3S2. The Labute approximate surface area is 157 Å². The topological polar surface area (TPSA) is 70.1 Å². The Balaban J connectivity index is 1.75. The van der Waals surface area contributed by atoms with Gasteiger partial charge in [-0.25, -0.2) is 8.42 Å². The molecule has 1 unspecified atom stereocenters. The molecule has 0 saturated heterocycles. The molecule has 0 bridgehead atoms. The van der Waals surface area contributed by atoms with E-state index < -0.39 is 10.0 Å². The average Bonchev–Trinajstić information content (AvgIpc) is 2.78. The molecule has 136 valence electrons. The lowest BCUT2D eigenvalue weighted by molar-refractivity contribution is -0.114. The number of sulfonamides is 1. The first-order valence-corrected chi connectivity index (χ1v) is 11.0. The van der Waals surface area contributed by atoms with Crippen molar-refractivity contribution in [3.05, 3.63) is 48.2 Å². The molecule has 26 heavy (non-hydrogen) atoms. The summed E-state index contributed by atoms with van der Waals surface area (Å²) in [6, 6.07) is 7.84. The van der Waals surface area contributed by atoms with Crippen LogP contribution in [-0.2, 0) is 14.8 Å². The molecule has 1 aromatic rings. The summed E-state index contributed by atoms with van der Waals surface area (Å²) < 4.78 is 27.8. The van der Waals surface area contributed by atoms with Gasteiger partial charge in [0.2, 0.25) is 0 Å². The van der Waals surface area contributed by atoms with Crippen molar-refractivity contribution in [3.63, 3.8) is 0 Å². The maximum Gasteiger partial charge on any atom is 0.262 e. The van der Waals surface area contributed by atoms with Crippen molar-refractivity contribution in [2.24, 2.45) is 4.40 Å². The monoisotopic (exact) mass is 389 g/mol. The summed E-state index contributed by atoms with van der Waals surface area (Å²) in [6.07, 6.45) is 6.05. The van der Waals surface area contributed by atoms with E-state index in [0.717, 1.165) is 17.0 Å². The zero-order chi connectivity index (χ0) is 18.3. The molecule has 0 N–H and O–H groups in total. The van der Waals surface area contributed by atoms with Gasteiger partial charge in [-0.3, -0.25) is 4.79 Å². The third-order valence-corrected chi connectivity index (χ3v) is 6.96. The number of hydrogen-bond donors (Lipinski definition) is 0. The molecule has 0 spiro atoms. The molecule has 1 amide bonds. The standard InChI is InChI=1S/C18H19N3O3S2/c1-13-8-10-21(15-6-2-3-7-16(15)25-13)18(22)14-5-4-9-20-11-12-26(23,24)19-17(14)20/h2-7,9,13H,8,10-12H2,1H3. The van der Waals surface area contributed by atoms with Crippen LogP contribution in [0.1, 0.15) is 13.3 Å². The van der Waals surface area contributed by atoms with Crippen molar-refractivity contribution >= 4 is 39.2 Å². The number of anilines is 1. The van der Waals surface area contributed by atoms with Crippen LogP contribution < -0.4 is 4.90 Å². The molecule has 1 aromatic carbocycles. The highest BCUT2D eigenvalue weighted by Gasteiger charge is 2.34. The number of allylic oxidation sites excluding steroid dienone is 2. The molecule has 1 atom stereocenters. The zero-order valence-electron chi connectivity index (χ0n) is 14.3. The van der Waals surface area contributed by atoms with Crippen molar-refractivity contribution < 1.29 is 13.2 Å². The van der Waals surface area contributed by atoms with Gasteiger partial charge in [0.25, 0.3) is 15.9 Å². The van der Waals surface area contributed by atoms with Crippen LogP contribution in [0, 0.1) is 0 Å². The second-order valence-electron chi connectivity index (χ2n) is 6.46. The molecule has 6 nitrogen and oxygen atoms in total. The summed E-state index contributed by atoms with van der Waals surface area (Å²) in [5.74, 6) is -0.0215. The van der Waals surface area contributed by atoms with Crippen LogP contribution in [-0.4, -0.2) is 49.2 Å². The minimum Gasteiger partial charge on any atom is -0.331 e. The Hall–Kier alpha value is -2.06. The van der Waals surface area contributed by atoms with Gasteiger partial charge in [-0.2, -0.15) is 0 Å². The Morgan fingerprint density at radius 1 is 1.27 bits per heavy atom. The van der Waals surface area contributed by atoms with Gasteiger partial charge in [0.05, 0.1) is 17.0 Å². The first-order valence-electron chi connectivity index (χ1n) is 8.50. The summed E-state index contributed by atoms with van der Waals surface area (Å²) in [6.45, 7) is 3.05. The van der Waals surface area contributed by atoms with Crippen LogP contribution in [0.5, 0.6) is 0 Å². The summed E-state index contributed by atoms with van der Waals surface area (Å²) in [5.41, 5.74) is 1.19. The SMILES string of the molecule is CC1CCN(C(=O)C2=CC=CN3CCS(=O)(=O)N=C23)c2ccccc2S1. The second kappa shape index (κ2) is 6.59. The fraction of sp³-hybridized carbons (Fsp3) is 0.333. The second-order valence-corrected chi connectivity index (χ2v) is 9.69. The van der Waals surface area contributed by atoms with Crippen molar-refractivity contribution in [1.29, 1.82) is 0 Å². The van der Waals surface area contributed by atoms with Crippen molar-refractivity contribution in [1.82, 2.24) is 4.90 Å². The van der Waals surface area contributed by atoms with Gasteiger partial charge in [0.1, 0.15) is 0 Å². The molecule has 8 heteroatoms. The molecule has 0 saturated carbocycles. The van der Waals surface area contributed by atoms with E-state index in [4.69, 9.17) is 0 Å². The van der Waals surface area contributed by atoms with Gasteiger partial charge in [-0.1, -0.05) is 19.1 Å². The highest BCUT2D eigenvalue weighted by atomic mass is 32.2. The van der Waals surface area contributed by atoms with Crippen molar-refractivity contribution in [2.45, 2.75) is 23.5 Å². The van der Waals surface area contributed by atoms with Gasteiger partial charge >= 0.3 is 0 Å². The first kappa shape index (κ1) is 17.4. The van der Waals surface area contributed by atoms with E-state index in [1.165, 1.54) is 0 Å². The largest absolute Gasteiger partial charge is 0.331 e. The highest BCUT2D eigenvalue weighted by molar-refractivity contribution is 8.00. The van der Waals surface area contributed by atoms with E-state index in [-0.39, 0.29) is 17.5 Å². The number of amides is 1. The van der Waals surface area contributed by atoms with E-state index >= 15 is 0 Å². The van der Waals surface area contributed by atoms with Crippen LogP contribution in [0.25, 0.3) is 0 Å². The molecule has 3 aliphatic heterocycles. The number of rotatable bonds is 1. The smallest absolute Gasteiger partial charge is 0.262 e. The fourth-order valence-electron chi connectivity index (χ4n) is 3.23. The number of fused-ring (bicyclic) bond motifs is 2. The molecule has 3 aliphatic rings. The summed E-state index contributed by atoms with van der Waals surface area (Å²) in [5, 5.41) is 0.401. The normalized spacial score (nSPS) is 24.1. The number of carbonyl (C=O) groups is 1. The van der Waals surface area contributed by atoms with Gasteiger partial charge in [-0.05, 0) is 30.7 Å². The van der Waals surface area contributed by atoms with E-state index in [1.807, 2.05) is 24.3 Å². The molecule has 0 radical (unpaired) electrons. The quantitative estimate of drug-likeness (QED) is 0.738. The zero-order valence-corrected chi connectivity index (χ0v) is 16.0. The third-order valence-electron chi connectivity index (χ3n) is 4.58. The van der Waals surface area contributed by atoms with Crippen LogP contribution in [0.3, 0.4) is 0 Å². The third kappa shape index (κ3) is 3.19.